The van der Waals surface area contributed by atoms with E-state index in [1.54, 1.807) is 0 Å². The normalized spacial score (nSPS) is 12.9. The summed E-state index contributed by atoms with van der Waals surface area (Å²) in [6.45, 7) is 2.27. The first-order chi connectivity index (χ1) is 7.83. The fraction of sp³-hybridized carbons (Fsp3) is 0.714. The van der Waals surface area contributed by atoms with Crippen LogP contribution in [-0.4, -0.2) is 4.83 Å². The highest BCUT2D eigenvalue weighted by Crippen LogP contribution is 2.19. The molecule has 0 bridgehead atoms. The molecule has 2 heteroatoms. The van der Waals surface area contributed by atoms with E-state index in [9.17, 15) is 0 Å². The van der Waals surface area contributed by atoms with Gasteiger partial charge in [-0.25, -0.2) is 0 Å². The summed E-state index contributed by atoms with van der Waals surface area (Å²) in [6.07, 6.45) is 10.8. The first-order valence-corrected chi connectivity index (χ1v) is 8.29. The minimum absolute atomic E-state index is 0.719. The number of unbranched alkanes of at least 4 members (excludes halogenated alkanes) is 4. The van der Waals surface area contributed by atoms with Crippen molar-refractivity contribution >= 4 is 27.3 Å². The van der Waals surface area contributed by atoms with Gasteiger partial charge in [-0.15, -0.1) is 11.3 Å². The monoisotopic (exact) mass is 302 g/mol. The summed E-state index contributed by atoms with van der Waals surface area (Å²) in [5.41, 5.74) is 0. The van der Waals surface area contributed by atoms with Crippen molar-refractivity contribution in [3.05, 3.63) is 22.4 Å². The summed E-state index contributed by atoms with van der Waals surface area (Å²) < 4.78 is 0. The molecular weight excluding hydrogens is 280 g/mol. The van der Waals surface area contributed by atoms with E-state index in [0.717, 1.165) is 4.83 Å². The van der Waals surface area contributed by atoms with Crippen molar-refractivity contribution in [2.75, 3.05) is 0 Å². The Hall–Kier alpha value is 0.180. The molecule has 0 spiro atoms. The van der Waals surface area contributed by atoms with Crippen LogP contribution >= 0.6 is 27.3 Å². The van der Waals surface area contributed by atoms with Gasteiger partial charge < -0.3 is 0 Å². The summed E-state index contributed by atoms with van der Waals surface area (Å²) in [5, 5.41) is 2.17. The van der Waals surface area contributed by atoms with E-state index in [1.807, 2.05) is 11.3 Å². The second-order valence-corrected chi connectivity index (χ2v) is 6.75. The summed E-state index contributed by atoms with van der Waals surface area (Å²) >= 11 is 5.68. The van der Waals surface area contributed by atoms with Gasteiger partial charge in [0.2, 0.25) is 0 Å². The molecular formula is C14H23BrS. The number of aryl methyl sites for hydroxylation is 1. The SMILES string of the molecule is CCCCCCCC(Br)CCc1cccs1. The second kappa shape index (κ2) is 9.23. The summed E-state index contributed by atoms with van der Waals surface area (Å²) in [6, 6.07) is 4.39. The lowest BCUT2D eigenvalue weighted by Crippen LogP contribution is -1.99. The fourth-order valence-corrected chi connectivity index (χ4v) is 3.14. The fourth-order valence-electron chi connectivity index (χ4n) is 1.87. The van der Waals surface area contributed by atoms with Crippen LogP contribution in [0.25, 0.3) is 0 Å². The Morgan fingerprint density at radius 2 is 2.00 bits per heavy atom. The highest BCUT2D eigenvalue weighted by molar-refractivity contribution is 9.09. The molecule has 0 nitrogen and oxygen atoms in total. The Bertz CT molecular complexity index is 243. The summed E-state index contributed by atoms with van der Waals surface area (Å²) in [4.78, 5) is 2.24. The molecule has 1 unspecified atom stereocenters. The zero-order valence-electron chi connectivity index (χ0n) is 10.3. The minimum Gasteiger partial charge on any atom is -0.149 e. The van der Waals surface area contributed by atoms with Crippen molar-refractivity contribution in [2.45, 2.75) is 63.1 Å². The number of thiophene rings is 1. The van der Waals surface area contributed by atoms with E-state index < -0.39 is 0 Å². The molecule has 92 valence electrons. The number of alkyl halides is 1. The third-order valence-electron chi connectivity index (χ3n) is 2.90. The van der Waals surface area contributed by atoms with Crippen LogP contribution in [0.15, 0.2) is 17.5 Å². The molecule has 0 amide bonds. The van der Waals surface area contributed by atoms with E-state index in [2.05, 4.69) is 40.4 Å². The van der Waals surface area contributed by atoms with Crippen LogP contribution in [-0.2, 0) is 6.42 Å². The maximum atomic E-state index is 3.80. The molecule has 0 aliphatic rings. The molecule has 0 N–H and O–H groups in total. The van der Waals surface area contributed by atoms with Gasteiger partial charge in [-0.1, -0.05) is 61.0 Å². The minimum atomic E-state index is 0.719. The Kier molecular flexibility index (Phi) is 8.22. The van der Waals surface area contributed by atoms with Crippen LogP contribution in [0.3, 0.4) is 0 Å². The van der Waals surface area contributed by atoms with Crippen molar-refractivity contribution < 1.29 is 0 Å². The molecule has 1 atom stereocenters. The van der Waals surface area contributed by atoms with Crippen LogP contribution in [0.4, 0.5) is 0 Å². The average molecular weight is 303 g/mol. The Morgan fingerprint density at radius 1 is 1.19 bits per heavy atom. The van der Waals surface area contributed by atoms with Gasteiger partial charge in [-0.3, -0.25) is 0 Å². The van der Waals surface area contributed by atoms with Crippen LogP contribution in [0, 0.1) is 0 Å². The van der Waals surface area contributed by atoms with Crippen molar-refractivity contribution in [1.29, 1.82) is 0 Å². The third kappa shape index (κ3) is 6.70. The van der Waals surface area contributed by atoms with Crippen LogP contribution in [0.5, 0.6) is 0 Å². The van der Waals surface area contributed by atoms with Crippen molar-refractivity contribution in [3.8, 4) is 0 Å². The Labute approximate surface area is 113 Å². The smallest absolute Gasteiger partial charge is 0.0149 e. The molecule has 1 aromatic rings. The van der Waals surface area contributed by atoms with Gasteiger partial charge in [0.1, 0.15) is 0 Å². The largest absolute Gasteiger partial charge is 0.149 e. The number of rotatable bonds is 9. The Balaban J connectivity index is 1.96. The van der Waals surface area contributed by atoms with Crippen molar-refractivity contribution in [3.63, 3.8) is 0 Å². The van der Waals surface area contributed by atoms with Crippen molar-refractivity contribution in [1.82, 2.24) is 0 Å². The van der Waals surface area contributed by atoms with Crippen LogP contribution in [0.2, 0.25) is 0 Å². The highest BCUT2D eigenvalue weighted by atomic mass is 79.9. The summed E-state index contributed by atoms with van der Waals surface area (Å²) in [5.74, 6) is 0. The lowest BCUT2D eigenvalue weighted by Gasteiger charge is -2.08. The maximum absolute atomic E-state index is 3.80. The number of hydrogen-bond acceptors (Lipinski definition) is 1. The van der Waals surface area contributed by atoms with Gasteiger partial charge in [-0.05, 0) is 30.7 Å². The molecule has 0 aliphatic carbocycles. The van der Waals surface area contributed by atoms with E-state index >= 15 is 0 Å². The molecule has 1 rings (SSSR count). The molecule has 1 heterocycles. The van der Waals surface area contributed by atoms with Gasteiger partial charge in [0, 0.05) is 9.70 Å². The van der Waals surface area contributed by atoms with Gasteiger partial charge >= 0.3 is 0 Å². The predicted octanol–water partition coefficient (Wildman–Crippen LogP) is 5.80. The molecule has 16 heavy (non-hydrogen) atoms. The van der Waals surface area contributed by atoms with Crippen LogP contribution in [0.1, 0.15) is 56.7 Å². The van der Waals surface area contributed by atoms with E-state index in [-0.39, 0.29) is 0 Å². The zero-order valence-corrected chi connectivity index (χ0v) is 12.7. The topological polar surface area (TPSA) is 0 Å². The molecule has 0 aliphatic heterocycles. The first-order valence-electron chi connectivity index (χ1n) is 6.49. The molecule has 0 radical (unpaired) electrons. The average Bonchev–Trinajstić information content (AvgIpc) is 2.79. The highest BCUT2D eigenvalue weighted by Gasteiger charge is 2.04. The van der Waals surface area contributed by atoms with Crippen LogP contribution < -0.4 is 0 Å². The number of hydrogen-bond donors (Lipinski definition) is 0. The predicted molar refractivity (Wildman–Crippen MR) is 78.7 cm³/mol. The molecule has 0 aromatic carbocycles. The van der Waals surface area contributed by atoms with E-state index in [1.165, 1.54) is 56.2 Å². The molecule has 1 aromatic heterocycles. The molecule has 0 saturated heterocycles. The lowest BCUT2D eigenvalue weighted by molar-refractivity contribution is 0.588. The van der Waals surface area contributed by atoms with Gasteiger partial charge in [0.15, 0.2) is 0 Å². The second-order valence-electron chi connectivity index (χ2n) is 4.42. The van der Waals surface area contributed by atoms with Crippen molar-refractivity contribution in [2.24, 2.45) is 0 Å². The molecule has 0 saturated carbocycles. The standard InChI is InChI=1S/C14H23BrS/c1-2-3-4-5-6-8-13(15)10-11-14-9-7-12-16-14/h7,9,12-13H,2-6,8,10-11H2,1H3. The quantitative estimate of drug-likeness (QED) is 0.399. The maximum Gasteiger partial charge on any atom is 0.0149 e. The third-order valence-corrected chi connectivity index (χ3v) is 4.76. The first kappa shape index (κ1) is 14.2. The summed E-state index contributed by atoms with van der Waals surface area (Å²) in [7, 11) is 0. The van der Waals surface area contributed by atoms with E-state index in [4.69, 9.17) is 0 Å². The molecule has 0 fully saturated rings. The van der Waals surface area contributed by atoms with Gasteiger partial charge in [0.25, 0.3) is 0 Å². The van der Waals surface area contributed by atoms with Gasteiger partial charge in [0.05, 0.1) is 0 Å². The zero-order chi connectivity index (χ0) is 11.6. The Morgan fingerprint density at radius 3 is 2.69 bits per heavy atom. The number of halogens is 1. The van der Waals surface area contributed by atoms with Gasteiger partial charge in [-0.2, -0.15) is 0 Å². The lowest BCUT2D eigenvalue weighted by atomic mass is 10.1. The van der Waals surface area contributed by atoms with E-state index in [0.29, 0.717) is 0 Å².